The summed E-state index contributed by atoms with van der Waals surface area (Å²) < 4.78 is 26.5. The number of nitrogens with zero attached hydrogens (tertiary/aromatic N) is 3. The highest BCUT2D eigenvalue weighted by Gasteiger charge is 2.31. The molecule has 114 heavy (non-hydrogen) atoms. The van der Waals surface area contributed by atoms with Crippen LogP contribution in [0.3, 0.4) is 0 Å². The zero-order valence-electron chi connectivity index (χ0n) is 74.3. The second kappa shape index (κ2) is 50.8. The Kier molecular flexibility index (Phi) is 40.0. The average molecular weight is 1550 g/mol. The largest absolute Gasteiger partial charge is 0.497 e. The van der Waals surface area contributed by atoms with Crippen molar-refractivity contribution in [1.82, 2.24) is 13.7 Å². The third-order valence-corrected chi connectivity index (χ3v) is 26.2. The van der Waals surface area contributed by atoms with Crippen molar-refractivity contribution in [3.63, 3.8) is 0 Å². The molecule has 0 aliphatic heterocycles. The summed E-state index contributed by atoms with van der Waals surface area (Å²) in [5.74, 6) is 2.72. The van der Waals surface area contributed by atoms with Crippen molar-refractivity contribution in [2.75, 3.05) is 21.3 Å². The van der Waals surface area contributed by atoms with Crippen molar-refractivity contribution in [2.45, 2.75) is 408 Å². The van der Waals surface area contributed by atoms with Gasteiger partial charge in [0.05, 0.1) is 37.9 Å². The fourth-order valence-electron chi connectivity index (χ4n) is 19.3. The van der Waals surface area contributed by atoms with E-state index in [4.69, 9.17) is 14.2 Å². The van der Waals surface area contributed by atoms with Crippen molar-refractivity contribution in [3.05, 3.63) is 159 Å². The molecule has 3 heterocycles. The van der Waals surface area contributed by atoms with E-state index in [2.05, 4.69) is 164 Å². The highest BCUT2D eigenvalue weighted by atomic mass is 16.5. The van der Waals surface area contributed by atoms with Crippen LogP contribution in [0.5, 0.6) is 17.2 Å². The Bertz CT molecular complexity index is 3880. The number of aromatic nitrogens is 3. The van der Waals surface area contributed by atoms with Crippen LogP contribution in [0.2, 0.25) is 0 Å². The monoisotopic (exact) mass is 1550 g/mol. The van der Waals surface area contributed by atoms with Crippen LogP contribution in [0.25, 0.3) is 65.4 Å². The molecule has 10 aromatic rings. The maximum Gasteiger partial charge on any atom is 0.118 e. The van der Waals surface area contributed by atoms with Crippen LogP contribution in [0.15, 0.2) is 109 Å². The Balaban J connectivity index is 1.34. The van der Waals surface area contributed by atoms with Crippen molar-refractivity contribution in [3.8, 4) is 17.2 Å². The summed E-state index contributed by atoms with van der Waals surface area (Å²) in [5.41, 5.74) is 21.8. The lowest BCUT2D eigenvalue weighted by molar-refractivity contribution is 0.414. The quantitative estimate of drug-likeness (QED) is 0.0357. The topological polar surface area (TPSA) is 42.5 Å². The van der Waals surface area contributed by atoms with Crippen LogP contribution in [-0.4, -0.2) is 35.0 Å². The summed E-state index contributed by atoms with van der Waals surface area (Å²) in [6.07, 6.45) is 70.4. The molecule has 0 spiro atoms. The summed E-state index contributed by atoms with van der Waals surface area (Å²) >= 11 is 0. The van der Waals surface area contributed by atoms with Crippen LogP contribution in [-0.2, 0) is 58.2 Å². The third-order valence-electron chi connectivity index (χ3n) is 26.2. The average Bonchev–Trinajstić information content (AvgIpc) is 1.51. The van der Waals surface area contributed by atoms with Gasteiger partial charge in [0.25, 0.3) is 0 Å². The highest BCUT2D eigenvalue weighted by molar-refractivity contribution is 6.39. The molecule has 10 rings (SSSR count). The predicted molar refractivity (Wildman–Crippen MR) is 500 cm³/mol. The van der Waals surface area contributed by atoms with Gasteiger partial charge >= 0.3 is 0 Å². The number of methoxy groups -OCH3 is 3. The Morgan fingerprint density at radius 1 is 0.202 bits per heavy atom. The molecule has 0 bridgehead atoms. The standard InChI is InChI=1S/C108H159N3O3/c1-10-16-22-28-34-40-46-52-58-88-76-97-100(79-91(88)61-55-49-43-37-31-25-19-13-4)109(82-85-64-70-94(112-7)71-65-85)106-103(97)107-105(98-77-89(59-53-47-41-35-29-23-17-11-2)92(62-56-50-44-38-32-26-20-14-5)80-101(98)110(107)83-86-66-72-95(113-8)73-67-86)108-104(106)99-78-90(60-54-48-42-36-30-24-18-12-3)93(63-57-51-45-39-33-27-21-15-6)81-102(99)111(108)84-87-68-74-96(114-9)75-69-87/h64-81H,10-63,82-84H2,1-9H3. The molecule has 0 fully saturated rings. The first kappa shape index (κ1) is 89.7. The number of aryl methyl sites for hydroxylation is 6. The minimum atomic E-state index is 0.746. The molecule has 0 aliphatic rings. The lowest BCUT2D eigenvalue weighted by Crippen LogP contribution is -2.03. The van der Waals surface area contributed by atoms with Crippen LogP contribution in [0.1, 0.15) is 400 Å². The Morgan fingerprint density at radius 2 is 0.368 bits per heavy atom. The molecule has 624 valence electrons. The Labute approximate surface area is 694 Å². The van der Waals surface area contributed by atoms with Gasteiger partial charge in [0, 0.05) is 68.5 Å². The summed E-state index contributed by atoms with van der Waals surface area (Å²) in [7, 11) is 5.45. The number of unbranched alkanes of at least 4 members (excludes halogenated alkanes) is 42. The molecule has 6 heteroatoms. The second-order valence-electron chi connectivity index (χ2n) is 35.2. The van der Waals surface area contributed by atoms with E-state index in [1.165, 1.54) is 390 Å². The van der Waals surface area contributed by atoms with Gasteiger partial charge in [0.1, 0.15) is 17.2 Å². The van der Waals surface area contributed by atoms with Gasteiger partial charge < -0.3 is 27.9 Å². The van der Waals surface area contributed by atoms with Crippen LogP contribution in [0, 0.1) is 0 Å². The van der Waals surface area contributed by atoms with Gasteiger partial charge in [-0.05, 0) is 200 Å². The maximum absolute atomic E-state index is 5.97. The molecule has 0 N–H and O–H groups in total. The third kappa shape index (κ3) is 26.2. The minimum absolute atomic E-state index is 0.746. The van der Waals surface area contributed by atoms with Gasteiger partial charge in [0.2, 0.25) is 0 Å². The van der Waals surface area contributed by atoms with Gasteiger partial charge in [-0.1, -0.05) is 348 Å². The van der Waals surface area contributed by atoms with Gasteiger partial charge in [-0.25, -0.2) is 0 Å². The van der Waals surface area contributed by atoms with E-state index in [1.807, 2.05) is 21.3 Å². The molecule has 0 amide bonds. The number of rotatable bonds is 63. The number of fused-ring (bicyclic) bond motifs is 12. The summed E-state index contributed by atoms with van der Waals surface area (Å²) in [6, 6.07) is 44.2. The molecule has 0 atom stereocenters. The fourth-order valence-corrected chi connectivity index (χ4v) is 19.3. The maximum atomic E-state index is 5.97. The van der Waals surface area contributed by atoms with Gasteiger partial charge in [-0.15, -0.1) is 0 Å². The van der Waals surface area contributed by atoms with Gasteiger partial charge in [-0.2, -0.15) is 0 Å². The Morgan fingerprint density at radius 3 is 0.544 bits per heavy atom. The summed E-state index contributed by atoms with van der Waals surface area (Å²) in [6.45, 7) is 16.3. The van der Waals surface area contributed by atoms with Gasteiger partial charge in [-0.3, -0.25) is 0 Å². The van der Waals surface area contributed by atoms with Crippen LogP contribution in [0.4, 0.5) is 0 Å². The van der Waals surface area contributed by atoms with E-state index in [0.717, 1.165) is 75.4 Å². The molecular formula is C108H159N3O3. The molecule has 7 aromatic carbocycles. The van der Waals surface area contributed by atoms with E-state index < -0.39 is 0 Å². The molecule has 6 nitrogen and oxygen atoms in total. The summed E-state index contributed by atoms with van der Waals surface area (Å²) in [5, 5.41) is 8.60. The molecule has 0 unspecified atom stereocenters. The number of ether oxygens (including phenoxy) is 3. The van der Waals surface area contributed by atoms with E-state index in [0.29, 0.717) is 0 Å². The first-order valence-electron chi connectivity index (χ1n) is 48.2. The minimum Gasteiger partial charge on any atom is -0.497 e. The molecule has 0 saturated heterocycles. The molecule has 3 aromatic heterocycles. The van der Waals surface area contributed by atoms with Crippen molar-refractivity contribution < 1.29 is 14.2 Å². The molecule has 0 radical (unpaired) electrons. The Hall–Kier alpha value is -6.66. The number of hydrogen-bond donors (Lipinski definition) is 0. The lowest BCUT2D eigenvalue weighted by Gasteiger charge is -2.14. The molecule has 0 saturated carbocycles. The zero-order valence-corrected chi connectivity index (χ0v) is 74.3. The number of benzene rings is 7. The SMILES string of the molecule is CCCCCCCCCCc1cc2c3c(c4c5cc(CCCCCCCCCC)c(CCCCCCCCCC)cc5n(Cc5ccc(OC)cc5)c4c4c5cc(CCCCCCCCCC)c(CCCCCCCCCC)cc5n(Cc5ccc(OC)cc5)c34)n(Cc3ccc(OC)cc3)c2cc1CCCCCCCCCC. The van der Waals surface area contributed by atoms with Crippen LogP contribution >= 0.6 is 0 Å². The second-order valence-corrected chi connectivity index (χ2v) is 35.2. The first-order chi connectivity index (χ1) is 56.3. The fraction of sp³-hybridized carbons (Fsp3) is 0.611. The van der Waals surface area contributed by atoms with Crippen LogP contribution < -0.4 is 14.2 Å². The highest BCUT2D eigenvalue weighted by Crippen LogP contribution is 2.51. The van der Waals surface area contributed by atoms with E-state index in [9.17, 15) is 0 Å². The van der Waals surface area contributed by atoms with E-state index in [-0.39, 0.29) is 0 Å². The number of hydrogen-bond acceptors (Lipinski definition) is 3. The van der Waals surface area contributed by atoms with Crippen molar-refractivity contribution in [1.29, 1.82) is 0 Å². The summed E-state index contributed by atoms with van der Waals surface area (Å²) in [4.78, 5) is 0. The predicted octanol–water partition coefficient (Wildman–Crippen LogP) is 33.3. The molecule has 0 aliphatic carbocycles. The zero-order chi connectivity index (χ0) is 79.7. The first-order valence-corrected chi connectivity index (χ1v) is 48.2. The van der Waals surface area contributed by atoms with E-state index >= 15 is 0 Å². The normalized spacial score (nSPS) is 12.0. The lowest BCUT2D eigenvalue weighted by atomic mass is 9.92. The van der Waals surface area contributed by atoms with Crippen molar-refractivity contribution >= 4 is 65.4 Å². The molecular weight excluding hydrogens is 1390 g/mol. The smallest absolute Gasteiger partial charge is 0.118 e. The van der Waals surface area contributed by atoms with Gasteiger partial charge in [0.15, 0.2) is 0 Å². The van der Waals surface area contributed by atoms with E-state index in [1.54, 1.807) is 33.4 Å². The van der Waals surface area contributed by atoms with Crippen molar-refractivity contribution in [2.24, 2.45) is 0 Å².